The highest BCUT2D eigenvalue weighted by Crippen LogP contribution is 2.33. The molecule has 0 spiro atoms. The van der Waals surface area contributed by atoms with Crippen molar-refractivity contribution in [3.05, 3.63) is 25.3 Å². The lowest BCUT2D eigenvalue weighted by Gasteiger charge is -2.34. The molecule has 4 heteroatoms. The summed E-state index contributed by atoms with van der Waals surface area (Å²) in [4.78, 5) is 22.4. The van der Waals surface area contributed by atoms with E-state index in [-0.39, 0.29) is 0 Å². The summed E-state index contributed by atoms with van der Waals surface area (Å²) in [5.74, 6) is -2.26. The van der Waals surface area contributed by atoms with Crippen LogP contribution in [0.3, 0.4) is 0 Å². The maximum absolute atomic E-state index is 11.2. The molecule has 16 heavy (non-hydrogen) atoms. The lowest BCUT2D eigenvalue weighted by Crippen LogP contribution is -2.41. The molecule has 0 aromatic carbocycles. The topological polar surface area (TPSA) is 52.6 Å². The number of carbonyl (C=O) groups is 2. The number of hydrogen-bond donors (Lipinski definition) is 0. The zero-order valence-corrected chi connectivity index (χ0v) is 9.24. The third-order valence-corrected chi connectivity index (χ3v) is 2.52. The SMILES string of the molecule is C=CC(=O)OC1(OC(=O)C=C)CCCCC1. The Hall–Kier alpha value is -1.58. The van der Waals surface area contributed by atoms with Crippen LogP contribution in [0.15, 0.2) is 25.3 Å². The molecule has 1 saturated carbocycles. The van der Waals surface area contributed by atoms with Crippen LogP contribution in [0, 0.1) is 0 Å². The fourth-order valence-corrected chi connectivity index (χ4v) is 1.77. The van der Waals surface area contributed by atoms with E-state index in [4.69, 9.17) is 9.47 Å². The molecule has 88 valence electrons. The van der Waals surface area contributed by atoms with Crippen molar-refractivity contribution in [2.45, 2.75) is 37.9 Å². The van der Waals surface area contributed by atoms with Crippen LogP contribution in [0.2, 0.25) is 0 Å². The van der Waals surface area contributed by atoms with E-state index in [2.05, 4.69) is 13.2 Å². The third kappa shape index (κ3) is 3.22. The van der Waals surface area contributed by atoms with Gasteiger partial charge in [-0.1, -0.05) is 19.6 Å². The van der Waals surface area contributed by atoms with Gasteiger partial charge in [0.2, 0.25) is 0 Å². The summed E-state index contributed by atoms with van der Waals surface area (Å²) in [6.07, 6.45) is 6.00. The average molecular weight is 224 g/mol. The summed E-state index contributed by atoms with van der Waals surface area (Å²) in [5.41, 5.74) is 0. The van der Waals surface area contributed by atoms with E-state index in [1.165, 1.54) is 0 Å². The Morgan fingerprint density at radius 1 is 0.938 bits per heavy atom. The van der Waals surface area contributed by atoms with Crippen molar-refractivity contribution >= 4 is 11.9 Å². The fraction of sp³-hybridized carbons (Fsp3) is 0.500. The van der Waals surface area contributed by atoms with Gasteiger partial charge in [-0.2, -0.15) is 0 Å². The zero-order valence-electron chi connectivity index (χ0n) is 9.24. The number of rotatable bonds is 4. The van der Waals surface area contributed by atoms with Crippen molar-refractivity contribution in [3.63, 3.8) is 0 Å². The van der Waals surface area contributed by atoms with E-state index in [1.807, 2.05) is 0 Å². The van der Waals surface area contributed by atoms with Crippen molar-refractivity contribution < 1.29 is 19.1 Å². The van der Waals surface area contributed by atoms with Gasteiger partial charge < -0.3 is 9.47 Å². The molecule has 1 fully saturated rings. The highest BCUT2D eigenvalue weighted by Gasteiger charge is 2.38. The summed E-state index contributed by atoms with van der Waals surface area (Å²) in [6, 6.07) is 0. The molecule has 0 radical (unpaired) electrons. The van der Waals surface area contributed by atoms with Crippen molar-refractivity contribution in [1.29, 1.82) is 0 Å². The fourth-order valence-electron chi connectivity index (χ4n) is 1.77. The predicted molar refractivity (Wildman–Crippen MR) is 58.4 cm³/mol. The Labute approximate surface area is 94.9 Å². The van der Waals surface area contributed by atoms with E-state index >= 15 is 0 Å². The van der Waals surface area contributed by atoms with Gasteiger partial charge >= 0.3 is 11.9 Å². The second-order valence-corrected chi connectivity index (χ2v) is 3.72. The van der Waals surface area contributed by atoms with Gasteiger partial charge in [0.05, 0.1) is 0 Å². The molecule has 0 aliphatic heterocycles. The molecular formula is C12H16O4. The normalized spacial score (nSPS) is 18.2. The molecule has 0 atom stereocenters. The summed E-state index contributed by atoms with van der Waals surface area (Å²) >= 11 is 0. The number of esters is 2. The Morgan fingerprint density at radius 3 is 1.75 bits per heavy atom. The van der Waals surface area contributed by atoms with Crippen molar-refractivity contribution in [1.82, 2.24) is 0 Å². The summed E-state index contributed by atoms with van der Waals surface area (Å²) in [7, 11) is 0. The van der Waals surface area contributed by atoms with Gasteiger partial charge in [-0.3, -0.25) is 0 Å². The Bertz CT molecular complexity index is 276. The lowest BCUT2D eigenvalue weighted by atomic mass is 9.94. The molecule has 0 bridgehead atoms. The maximum atomic E-state index is 11.2. The first-order valence-corrected chi connectivity index (χ1v) is 5.33. The van der Waals surface area contributed by atoms with Gasteiger partial charge in [-0.15, -0.1) is 0 Å². The van der Waals surface area contributed by atoms with Gasteiger partial charge in [0.25, 0.3) is 5.79 Å². The number of carbonyl (C=O) groups excluding carboxylic acids is 2. The Kier molecular flexibility index (Phi) is 4.28. The minimum absolute atomic E-state index is 0.534. The first-order valence-electron chi connectivity index (χ1n) is 5.33. The van der Waals surface area contributed by atoms with Crippen LogP contribution in [-0.2, 0) is 19.1 Å². The predicted octanol–water partition coefficient (Wildman–Crippen LogP) is 2.11. The monoisotopic (exact) mass is 224 g/mol. The van der Waals surface area contributed by atoms with Crippen molar-refractivity contribution in [2.24, 2.45) is 0 Å². The van der Waals surface area contributed by atoms with Crippen LogP contribution in [-0.4, -0.2) is 17.7 Å². The smallest absolute Gasteiger partial charge is 0.333 e. The van der Waals surface area contributed by atoms with E-state index < -0.39 is 17.7 Å². The van der Waals surface area contributed by atoms with Gasteiger partial charge in [-0.25, -0.2) is 9.59 Å². The van der Waals surface area contributed by atoms with Crippen LogP contribution in [0.5, 0.6) is 0 Å². The standard InChI is InChI=1S/C12H16O4/c1-3-10(13)15-12(16-11(14)4-2)8-6-5-7-9-12/h3-4H,1-2,5-9H2. The van der Waals surface area contributed by atoms with Crippen LogP contribution < -0.4 is 0 Å². The number of ether oxygens (including phenoxy) is 2. The van der Waals surface area contributed by atoms with Crippen LogP contribution in [0.1, 0.15) is 32.1 Å². The van der Waals surface area contributed by atoms with Gasteiger partial charge in [-0.05, 0) is 12.8 Å². The molecule has 0 heterocycles. The molecule has 1 aliphatic rings. The second-order valence-electron chi connectivity index (χ2n) is 3.72. The van der Waals surface area contributed by atoms with E-state index in [0.717, 1.165) is 31.4 Å². The third-order valence-electron chi connectivity index (χ3n) is 2.52. The van der Waals surface area contributed by atoms with Crippen molar-refractivity contribution in [2.75, 3.05) is 0 Å². The quantitative estimate of drug-likeness (QED) is 0.417. The van der Waals surface area contributed by atoms with Crippen LogP contribution in [0.4, 0.5) is 0 Å². The molecule has 0 N–H and O–H groups in total. The highest BCUT2D eigenvalue weighted by molar-refractivity contribution is 5.83. The van der Waals surface area contributed by atoms with Gasteiger partial charge in [0.1, 0.15) is 0 Å². The largest absolute Gasteiger partial charge is 0.419 e. The van der Waals surface area contributed by atoms with E-state index in [0.29, 0.717) is 12.8 Å². The van der Waals surface area contributed by atoms with E-state index in [1.54, 1.807) is 0 Å². The maximum Gasteiger partial charge on any atom is 0.333 e. The van der Waals surface area contributed by atoms with Gasteiger partial charge in [0, 0.05) is 25.0 Å². The molecule has 1 rings (SSSR count). The van der Waals surface area contributed by atoms with E-state index in [9.17, 15) is 9.59 Å². The summed E-state index contributed by atoms with van der Waals surface area (Å²) in [5, 5.41) is 0. The summed E-state index contributed by atoms with van der Waals surface area (Å²) in [6.45, 7) is 6.64. The first-order chi connectivity index (χ1) is 7.62. The molecule has 4 nitrogen and oxygen atoms in total. The van der Waals surface area contributed by atoms with Crippen molar-refractivity contribution in [3.8, 4) is 0 Å². The minimum Gasteiger partial charge on any atom is -0.419 e. The number of hydrogen-bond acceptors (Lipinski definition) is 4. The molecule has 0 aromatic rings. The second kappa shape index (κ2) is 5.49. The highest BCUT2D eigenvalue weighted by atomic mass is 16.7. The first kappa shape index (κ1) is 12.5. The molecule has 0 saturated heterocycles. The van der Waals surface area contributed by atoms with Crippen LogP contribution >= 0.6 is 0 Å². The molecule has 0 aromatic heterocycles. The minimum atomic E-state index is -1.12. The molecule has 1 aliphatic carbocycles. The zero-order chi connectivity index (χ0) is 12.0. The van der Waals surface area contributed by atoms with Gasteiger partial charge in [0.15, 0.2) is 0 Å². The van der Waals surface area contributed by atoms with Crippen LogP contribution in [0.25, 0.3) is 0 Å². The Balaban J connectivity index is 2.73. The molecule has 0 unspecified atom stereocenters. The molecule has 0 amide bonds. The molecular weight excluding hydrogens is 208 g/mol. The lowest BCUT2D eigenvalue weighted by molar-refractivity contribution is -0.232. The summed E-state index contributed by atoms with van der Waals surface area (Å²) < 4.78 is 10.3. The average Bonchev–Trinajstić information content (AvgIpc) is 2.29. The Morgan fingerprint density at radius 2 is 1.38 bits per heavy atom.